The standard InChI is InChI=1S/C15H10ClNO2S/c1-17-9-3-5-12-11(7-9)14(18)10-4-2-8(15(16)19)6-13(10)20-12/h2-7,17H,1H3. The van der Waals surface area contributed by atoms with Crippen LogP contribution in [0.2, 0.25) is 0 Å². The zero-order chi connectivity index (χ0) is 14.3. The highest BCUT2D eigenvalue weighted by molar-refractivity contribution is 7.24. The van der Waals surface area contributed by atoms with Gasteiger partial charge in [0.05, 0.1) is 0 Å². The van der Waals surface area contributed by atoms with Crippen LogP contribution in [0.5, 0.6) is 0 Å². The van der Waals surface area contributed by atoms with Gasteiger partial charge in [-0.2, -0.15) is 0 Å². The second kappa shape index (κ2) is 4.89. The summed E-state index contributed by atoms with van der Waals surface area (Å²) < 4.78 is 1.66. The quantitative estimate of drug-likeness (QED) is 0.578. The molecule has 0 amide bonds. The highest BCUT2D eigenvalue weighted by Crippen LogP contribution is 2.27. The normalized spacial score (nSPS) is 10.9. The van der Waals surface area contributed by atoms with Crippen molar-refractivity contribution in [1.29, 1.82) is 0 Å². The Morgan fingerprint density at radius 2 is 1.90 bits per heavy atom. The molecule has 0 bridgehead atoms. The molecule has 3 nitrogen and oxygen atoms in total. The van der Waals surface area contributed by atoms with Gasteiger partial charge in [0, 0.05) is 38.5 Å². The van der Waals surface area contributed by atoms with E-state index in [1.807, 2.05) is 25.2 Å². The number of nitrogens with one attached hydrogen (secondary N) is 1. The van der Waals surface area contributed by atoms with Crippen molar-refractivity contribution in [3.05, 3.63) is 52.2 Å². The zero-order valence-corrected chi connectivity index (χ0v) is 12.1. The van der Waals surface area contributed by atoms with Crippen LogP contribution in [-0.2, 0) is 0 Å². The molecule has 1 heterocycles. The number of hydrogen-bond donors (Lipinski definition) is 1. The monoisotopic (exact) mass is 303 g/mol. The molecule has 0 atom stereocenters. The van der Waals surface area contributed by atoms with Crippen molar-refractivity contribution in [2.45, 2.75) is 0 Å². The maximum Gasteiger partial charge on any atom is 0.252 e. The number of anilines is 1. The van der Waals surface area contributed by atoms with Gasteiger partial charge in [0.15, 0.2) is 5.43 Å². The highest BCUT2D eigenvalue weighted by Gasteiger charge is 2.09. The van der Waals surface area contributed by atoms with Crippen LogP contribution < -0.4 is 10.7 Å². The first kappa shape index (κ1) is 13.1. The molecule has 20 heavy (non-hydrogen) atoms. The summed E-state index contributed by atoms with van der Waals surface area (Å²) in [6.45, 7) is 0. The Hall–Kier alpha value is -1.91. The molecule has 3 aromatic rings. The predicted octanol–water partition coefficient (Wildman–Crippen LogP) is 3.84. The van der Waals surface area contributed by atoms with E-state index in [0.29, 0.717) is 16.3 Å². The van der Waals surface area contributed by atoms with E-state index in [1.54, 1.807) is 18.2 Å². The maximum absolute atomic E-state index is 12.5. The Labute approximate surface area is 123 Å². The van der Waals surface area contributed by atoms with Crippen LogP contribution in [0.15, 0.2) is 41.2 Å². The summed E-state index contributed by atoms with van der Waals surface area (Å²) in [6.07, 6.45) is 0. The number of hydrogen-bond acceptors (Lipinski definition) is 4. The third kappa shape index (κ3) is 2.07. The summed E-state index contributed by atoms with van der Waals surface area (Å²) in [5.74, 6) is 0. The third-order valence-corrected chi connectivity index (χ3v) is 4.54. The molecule has 1 N–H and O–H groups in total. The van der Waals surface area contributed by atoms with Gasteiger partial charge in [0.2, 0.25) is 0 Å². The van der Waals surface area contributed by atoms with Crippen molar-refractivity contribution in [2.75, 3.05) is 12.4 Å². The van der Waals surface area contributed by atoms with Gasteiger partial charge in [-0.3, -0.25) is 9.59 Å². The lowest BCUT2D eigenvalue weighted by Crippen LogP contribution is -2.02. The first-order valence-corrected chi connectivity index (χ1v) is 7.18. The first-order chi connectivity index (χ1) is 9.60. The number of fused-ring (bicyclic) bond motifs is 2. The van der Waals surface area contributed by atoms with E-state index in [1.165, 1.54) is 11.3 Å². The lowest BCUT2D eigenvalue weighted by atomic mass is 10.1. The predicted molar refractivity (Wildman–Crippen MR) is 85.3 cm³/mol. The van der Waals surface area contributed by atoms with E-state index < -0.39 is 5.24 Å². The maximum atomic E-state index is 12.5. The van der Waals surface area contributed by atoms with Crippen molar-refractivity contribution in [3.8, 4) is 0 Å². The number of carbonyl (C=O) groups is 1. The van der Waals surface area contributed by atoms with Gasteiger partial charge in [-0.15, -0.1) is 11.3 Å². The van der Waals surface area contributed by atoms with E-state index in [4.69, 9.17) is 11.6 Å². The summed E-state index contributed by atoms with van der Waals surface area (Å²) in [6, 6.07) is 10.6. The Bertz CT molecular complexity index is 901. The van der Waals surface area contributed by atoms with Gasteiger partial charge in [0.1, 0.15) is 0 Å². The van der Waals surface area contributed by atoms with Crippen LogP contribution in [0.1, 0.15) is 10.4 Å². The van der Waals surface area contributed by atoms with E-state index in [-0.39, 0.29) is 5.43 Å². The molecule has 0 fully saturated rings. The number of benzene rings is 2. The molecule has 100 valence electrons. The summed E-state index contributed by atoms with van der Waals surface area (Å²) in [7, 11) is 1.81. The lowest BCUT2D eigenvalue weighted by molar-refractivity contribution is 0.108. The molecule has 0 aliphatic heterocycles. The van der Waals surface area contributed by atoms with E-state index >= 15 is 0 Å². The van der Waals surface area contributed by atoms with Gasteiger partial charge in [0.25, 0.3) is 5.24 Å². The van der Waals surface area contributed by atoms with Crippen molar-refractivity contribution in [1.82, 2.24) is 0 Å². The molecular weight excluding hydrogens is 294 g/mol. The minimum absolute atomic E-state index is 0.0283. The van der Waals surface area contributed by atoms with Gasteiger partial charge in [-0.05, 0) is 48.0 Å². The number of halogens is 1. The SMILES string of the molecule is CNc1ccc2sc3cc(C(=O)Cl)ccc3c(=O)c2c1. The fourth-order valence-corrected chi connectivity index (χ4v) is 3.34. The summed E-state index contributed by atoms with van der Waals surface area (Å²) in [5.41, 5.74) is 1.27. The molecule has 1 aromatic heterocycles. The van der Waals surface area contributed by atoms with Crippen LogP contribution >= 0.6 is 22.9 Å². The fourth-order valence-electron chi connectivity index (χ4n) is 2.13. The Morgan fingerprint density at radius 1 is 1.10 bits per heavy atom. The first-order valence-electron chi connectivity index (χ1n) is 5.98. The molecule has 0 saturated carbocycles. The minimum Gasteiger partial charge on any atom is -0.388 e. The van der Waals surface area contributed by atoms with Crippen molar-refractivity contribution in [3.63, 3.8) is 0 Å². The molecule has 2 aromatic carbocycles. The Morgan fingerprint density at radius 3 is 2.60 bits per heavy atom. The Kier molecular flexibility index (Phi) is 3.20. The van der Waals surface area contributed by atoms with Crippen LogP contribution in [0.25, 0.3) is 20.2 Å². The molecule has 0 saturated heterocycles. The zero-order valence-electron chi connectivity index (χ0n) is 10.6. The molecule has 0 aliphatic rings. The van der Waals surface area contributed by atoms with Crippen molar-refractivity contribution in [2.24, 2.45) is 0 Å². The van der Waals surface area contributed by atoms with E-state index in [9.17, 15) is 9.59 Å². The second-order valence-electron chi connectivity index (χ2n) is 4.38. The van der Waals surface area contributed by atoms with Crippen molar-refractivity contribution >= 4 is 54.0 Å². The molecule has 3 rings (SSSR count). The van der Waals surface area contributed by atoms with E-state index in [0.717, 1.165) is 15.1 Å². The van der Waals surface area contributed by atoms with Crippen LogP contribution in [0, 0.1) is 0 Å². The van der Waals surface area contributed by atoms with Crippen LogP contribution in [-0.4, -0.2) is 12.3 Å². The van der Waals surface area contributed by atoms with Crippen LogP contribution in [0.4, 0.5) is 5.69 Å². The summed E-state index contributed by atoms with van der Waals surface area (Å²) in [5, 5.41) is 3.79. The van der Waals surface area contributed by atoms with Crippen LogP contribution in [0.3, 0.4) is 0 Å². The second-order valence-corrected chi connectivity index (χ2v) is 5.80. The van der Waals surface area contributed by atoms with E-state index in [2.05, 4.69) is 5.32 Å². The average Bonchev–Trinajstić information content (AvgIpc) is 2.46. The minimum atomic E-state index is -0.517. The Balaban J connectivity index is 2.40. The average molecular weight is 304 g/mol. The highest BCUT2D eigenvalue weighted by atomic mass is 35.5. The molecule has 0 unspecified atom stereocenters. The van der Waals surface area contributed by atoms with Gasteiger partial charge in [-0.1, -0.05) is 0 Å². The van der Waals surface area contributed by atoms with Gasteiger partial charge >= 0.3 is 0 Å². The molecule has 0 aliphatic carbocycles. The fraction of sp³-hybridized carbons (Fsp3) is 0.0667. The molecule has 5 heteroatoms. The smallest absolute Gasteiger partial charge is 0.252 e. The molecule has 0 radical (unpaired) electrons. The molecule has 0 spiro atoms. The van der Waals surface area contributed by atoms with Crippen molar-refractivity contribution < 1.29 is 4.79 Å². The lowest BCUT2D eigenvalue weighted by Gasteiger charge is -2.04. The number of rotatable bonds is 2. The third-order valence-electron chi connectivity index (χ3n) is 3.19. The van der Waals surface area contributed by atoms with Gasteiger partial charge in [-0.25, -0.2) is 0 Å². The number of carbonyl (C=O) groups excluding carboxylic acids is 1. The largest absolute Gasteiger partial charge is 0.388 e. The topological polar surface area (TPSA) is 46.2 Å². The summed E-state index contributed by atoms with van der Waals surface area (Å²) in [4.78, 5) is 23.7. The van der Waals surface area contributed by atoms with Gasteiger partial charge < -0.3 is 5.32 Å². The molecular formula is C15H10ClNO2S. The summed E-state index contributed by atoms with van der Waals surface area (Å²) >= 11 is 6.96.